The second-order valence-electron chi connectivity index (χ2n) is 8.91. The number of thiazole rings is 1. The predicted octanol–water partition coefficient (Wildman–Crippen LogP) is 6.08. The Hall–Kier alpha value is -2.75. The Morgan fingerprint density at radius 1 is 1.09 bits per heavy atom. The van der Waals surface area contributed by atoms with E-state index < -0.39 is 28.5 Å². The number of carbonyl (C=O) groups is 3. The first-order valence-corrected chi connectivity index (χ1v) is 12.4. The molecule has 1 fully saturated rings. The van der Waals surface area contributed by atoms with Crippen molar-refractivity contribution in [2.75, 3.05) is 7.11 Å². The van der Waals surface area contributed by atoms with Crippen LogP contribution >= 0.6 is 11.3 Å². The Morgan fingerprint density at radius 3 is 2.31 bits per heavy atom. The molecule has 0 aliphatic heterocycles. The molecule has 0 atom stereocenters. The number of rotatable bonds is 11. The minimum Gasteiger partial charge on any atom is -0.481 e. The maximum absolute atomic E-state index is 13.1. The molecule has 0 unspecified atom stereocenters. The van der Waals surface area contributed by atoms with Crippen LogP contribution in [0, 0.1) is 5.92 Å². The van der Waals surface area contributed by atoms with E-state index in [1.165, 1.54) is 12.7 Å². The van der Waals surface area contributed by atoms with Gasteiger partial charge in [-0.2, -0.15) is 18.2 Å². The Bertz CT molecular complexity index is 1040. The lowest BCUT2D eigenvalue weighted by molar-refractivity contribution is -0.141. The smallest absolute Gasteiger partial charge is 0.435 e. The van der Waals surface area contributed by atoms with E-state index in [0.29, 0.717) is 17.3 Å². The molecule has 1 saturated carbocycles. The number of benzene rings is 1. The second-order valence-corrected chi connectivity index (χ2v) is 9.87. The fourth-order valence-corrected chi connectivity index (χ4v) is 5.37. The van der Waals surface area contributed by atoms with Gasteiger partial charge in [0.1, 0.15) is 10.7 Å². The van der Waals surface area contributed by atoms with Crippen molar-refractivity contribution in [2.45, 2.75) is 69.9 Å². The van der Waals surface area contributed by atoms with Crippen LogP contribution in [0.2, 0.25) is 0 Å². The number of ketones is 2. The van der Waals surface area contributed by atoms with Gasteiger partial charge in [0.15, 0.2) is 11.5 Å². The minimum absolute atomic E-state index is 0.0855. The molecule has 1 heterocycles. The number of aromatic nitrogens is 1. The summed E-state index contributed by atoms with van der Waals surface area (Å²) in [4.78, 5) is 38.4. The van der Waals surface area contributed by atoms with Crippen LogP contribution in [0.4, 0.5) is 13.2 Å². The molecule has 0 spiro atoms. The topological polar surface area (TPSA) is 93.6 Å². The van der Waals surface area contributed by atoms with Gasteiger partial charge in [-0.05, 0) is 55.1 Å². The fourth-order valence-electron chi connectivity index (χ4n) is 4.50. The van der Waals surface area contributed by atoms with Crippen molar-refractivity contribution in [1.82, 2.24) is 4.98 Å². The van der Waals surface area contributed by atoms with Crippen molar-refractivity contribution in [3.05, 3.63) is 46.0 Å². The van der Waals surface area contributed by atoms with E-state index in [9.17, 15) is 27.6 Å². The molecule has 1 aromatic carbocycles. The average Bonchev–Trinajstić information content (AvgIpc) is 3.25. The number of hydrogen-bond donors (Lipinski definition) is 1. The summed E-state index contributed by atoms with van der Waals surface area (Å²) in [5.41, 5.74) is 0.781. The van der Waals surface area contributed by atoms with Crippen LogP contribution in [-0.2, 0) is 22.2 Å². The Kier molecular flexibility index (Phi) is 9.04. The lowest BCUT2D eigenvalue weighted by Gasteiger charge is -2.28. The number of carboxylic acid groups (broad SMARTS) is 1. The fraction of sp³-hybridized carbons (Fsp3) is 0.520. The van der Waals surface area contributed by atoms with Gasteiger partial charge in [0, 0.05) is 25.7 Å². The van der Waals surface area contributed by atoms with Gasteiger partial charge in [0.05, 0.1) is 7.11 Å². The van der Waals surface area contributed by atoms with Crippen LogP contribution in [0.3, 0.4) is 0 Å². The van der Waals surface area contributed by atoms with Gasteiger partial charge in [-0.15, -0.1) is 0 Å². The van der Waals surface area contributed by atoms with Crippen molar-refractivity contribution in [3.63, 3.8) is 0 Å². The third-order valence-electron chi connectivity index (χ3n) is 6.33. The summed E-state index contributed by atoms with van der Waals surface area (Å²) in [5, 5.41) is 8.71. The number of carboxylic acids is 1. The molecule has 3 rings (SSSR count). The average molecular weight is 512 g/mol. The lowest BCUT2D eigenvalue weighted by atomic mass is 9.77. The molecule has 190 valence electrons. The van der Waals surface area contributed by atoms with Gasteiger partial charge < -0.3 is 9.84 Å². The maximum Gasteiger partial charge on any atom is 0.435 e. The minimum atomic E-state index is -4.75. The molecule has 35 heavy (non-hydrogen) atoms. The largest absolute Gasteiger partial charge is 0.481 e. The lowest BCUT2D eigenvalue weighted by Crippen LogP contribution is -2.16. The first-order chi connectivity index (χ1) is 16.6. The van der Waals surface area contributed by atoms with Gasteiger partial charge >= 0.3 is 12.1 Å². The van der Waals surface area contributed by atoms with E-state index in [2.05, 4.69) is 4.98 Å². The molecule has 1 aromatic heterocycles. The molecular weight excluding hydrogens is 483 g/mol. The van der Waals surface area contributed by atoms with Crippen LogP contribution < -0.4 is 4.74 Å². The van der Waals surface area contributed by atoms with E-state index in [0.717, 1.165) is 31.2 Å². The van der Waals surface area contributed by atoms with Gasteiger partial charge in [0.25, 0.3) is 5.19 Å². The van der Waals surface area contributed by atoms with E-state index in [1.807, 2.05) is 24.3 Å². The maximum atomic E-state index is 13.1. The summed E-state index contributed by atoms with van der Waals surface area (Å²) in [7, 11) is 1.19. The first kappa shape index (κ1) is 26.8. The van der Waals surface area contributed by atoms with E-state index >= 15 is 0 Å². The number of nitrogens with zero attached hydrogens (tertiary/aromatic N) is 1. The van der Waals surface area contributed by atoms with Crippen molar-refractivity contribution in [1.29, 1.82) is 0 Å². The van der Waals surface area contributed by atoms with E-state index in [-0.39, 0.29) is 49.0 Å². The SMILES string of the molecule is COc1nc(C(F)(F)F)c(C(=O)CCCC(=O)Cc2ccc(C3CCC(CC(=O)O)CC3)cc2)s1. The number of alkyl halides is 3. The summed E-state index contributed by atoms with van der Waals surface area (Å²) in [6, 6.07) is 7.82. The molecule has 0 saturated heterocycles. The van der Waals surface area contributed by atoms with Crippen molar-refractivity contribution < 1.29 is 37.4 Å². The number of carbonyl (C=O) groups excluding carboxylic acids is 2. The van der Waals surface area contributed by atoms with Crippen molar-refractivity contribution in [3.8, 4) is 5.19 Å². The summed E-state index contributed by atoms with van der Waals surface area (Å²) >= 11 is 0.558. The zero-order valence-corrected chi connectivity index (χ0v) is 20.2. The van der Waals surface area contributed by atoms with Crippen LogP contribution in [0.15, 0.2) is 24.3 Å². The van der Waals surface area contributed by atoms with Gasteiger partial charge in [-0.3, -0.25) is 14.4 Å². The Morgan fingerprint density at radius 2 is 1.74 bits per heavy atom. The zero-order chi connectivity index (χ0) is 25.6. The van der Waals surface area contributed by atoms with Crippen LogP contribution in [0.5, 0.6) is 5.19 Å². The number of hydrogen-bond acceptors (Lipinski definition) is 6. The molecule has 1 aliphatic carbocycles. The summed E-state index contributed by atoms with van der Waals surface area (Å²) in [6.45, 7) is 0. The van der Waals surface area contributed by atoms with Crippen LogP contribution in [0.1, 0.15) is 83.8 Å². The molecule has 10 heteroatoms. The van der Waals surface area contributed by atoms with E-state index in [4.69, 9.17) is 9.84 Å². The number of Topliss-reactive ketones (excluding diaryl/α,β-unsaturated/α-hetero) is 2. The van der Waals surface area contributed by atoms with Gasteiger partial charge in [0.2, 0.25) is 0 Å². The Labute approximate surface area is 205 Å². The number of halogens is 3. The number of methoxy groups -OCH3 is 1. The summed E-state index contributed by atoms with van der Waals surface area (Å²) < 4.78 is 44.1. The molecule has 1 aliphatic rings. The van der Waals surface area contributed by atoms with Crippen LogP contribution in [-0.4, -0.2) is 34.7 Å². The summed E-state index contributed by atoms with van der Waals surface area (Å²) in [5.74, 6) is -0.902. The highest BCUT2D eigenvalue weighted by Crippen LogP contribution is 2.38. The van der Waals surface area contributed by atoms with Crippen LogP contribution in [0.25, 0.3) is 0 Å². The third kappa shape index (κ3) is 7.62. The molecule has 1 N–H and O–H groups in total. The molecule has 6 nitrogen and oxygen atoms in total. The summed E-state index contributed by atoms with van der Waals surface area (Å²) in [6.07, 6.45) is -0.558. The third-order valence-corrected chi connectivity index (χ3v) is 7.38. The van der Waals surface area contributed by atoms with E-state index in [1.54, 1.807) is 0 Å². The predicted molar refractivity (Wildman–Crippen MR) is 124 cm³/mol. The monoisotopic (exact) mass is 511 g/mol. The van der Waals surface area contributed by atoms with Gasteiger partial charge in [-0.1, -0.05) is 35.6 Å². The van der Waals surface area contributed by atoms with Crippen molar-refractivity contribution in [2.24, 2.45) is 5.92 Å². The number of aliphatic carboxylic acids is 1. The highest BCUT2D eigenvalue weighted by molar-refractivity contribution is 7.15. The standard InChI is InChI=1S/C25H28F3NO5S/c1-34-24-29-23(25(26,27)28)22(35-24)20(31)4-2-3-19(30)13-15-5-9-17(10-6-15)18-11-7-16(8-12-18)14-21(32)33/h5-6,9-10,16,18H,2-4,7-8,11-14H2,1H3,(H,32,33). The van der Waals surface area contributed by atoms with Crippen molar-refractivity contribution >= 4 is 28.9 Å². The molecule has 2 aromatic rings. The quantitative estimate of drug-likeness (QED) is 0.367. The normalized spacial score (nSPS) is 18.3. The molecular formula is C25H28F3NO5S. The molecule has 0 amide bonds. The highest BCUT2D eigenvalue weighted by Gasteiger charge is 2.39. The first-order valence-electron chi connectivity index (χ1n) is 11.5. The van der Waals surface area contributed by atoms with Gasteiger partial charge in [-0.25, -0.2) is 0 Å². The molecule has 0 bridgehead atoms. The zero-order valence-electron chi connectivity index (χ0n) is 19.4. The molecule has 0 radical (unpaired) electrons. The second kappa shape index (κ2) is 11.8. The Balaban J connectivity index is 1.46. The number of ether oxygens (including phenoxy) is 1. The highest BCUT2D eigenvalue weighted by atomic mass is 32.1.